The van der Waals surface area contributed by atoms with E-state index in [0.29, 0.717) is 0 Å². The molecule has 6 heteroatoms. The molecule has 1 atom stereocenters. The van der Waals surface area contributed by atoms with Crippen LogP contribution in [0.5, 0.6) is 11.5 Å². The summed E-state index contributed by atoms with van der Waals surface area (Å²) in [7, 11) is 3.32. The van der Waals surface area contributed by atoms with Gasteiger partial charge in [-0.25, -0.2) is 0 Å². The van der Waals surface area contributed by atoms with E-state index < -0.39 is 0 Å². The van der Waals surface area contributed by atoms with Gasteiger partial charge in [0, 0.05) is 11.8 Å². The van der Waals surface area contributed by atoms with Crippen LogP contribution in [-0.4, -0.2) is 52.3 Å². The van der Waals surface area contributed by atoms with Gasteiger partial charge in [-0.1, -0.05) is 18.2 Å². The summed E-state index contributed by atoms with van der Waals surface area (Å²) in [5, 5.41) is 3.00. The fourth-order valence-corrected chi connectivity index (χ4v) is 3.50. The molecule has 1 fully saturated rings. The molecule has 144 valence electrons. The van der Waals surface area contributed by atoms with E-state index in [2.05, 4.69) is 16.3 Å². The number of carbonyl (C=O) groups is 1. The Morgan fingerprint density at radius 2 is 1.81 bits per heavy atom. The summed E-state index contributed by atoms with van der Waals surface area (Å²) in [6, 6.07) is 15.4. The summed E-state index contributed by atoms with van der Waals surface area (Å²) in [5.74, 6) is 1.66. The first kappa shape index (κ1) is 19.0. The number of ether oxygens (including phenoxy) is 2. The SMILES string of the molecule is COc1cccc(NC(=O)[C@H](C)[NH+]2CCN(c3ccccc3OC)CC2)c1. The molecule has 27 heavy (non-hydrogen) atoms. The topological polar surface area (TPSA) is 55.2 Å². The number of anilines is 2. The summed E-state index contributed by atoms with van der Waals surface area (Å²) >= 11 is 0. The number of quaternary nitrogens is 1. The Morgan fingerprint density at radius 3 is 2.52 bits per heavy atom. The Hall–Kier alpha value is -2.73. The molecule has 0 radical (unpaired) electrons. The van der Waals surface area contributed by atoms with Gasteiger partial charge in [-0.05, 0) is 31.2 Å². The second-order valence-electron chi connectivity index (χ2n) is 6.76. The zero-order valence-electron chi connectivity index (χ0n) is 16.2. The molecule has 0 saturated carbocycles. The highest BCUT2D eigenvalue weighted by Crippen LogP contribution is 2.27. The highest BCUT2D eigenvalue weighted by Gasteiger charge is 2.30. The predicted octanol–water partition coefficient (Wildman–Crippen LogP) is 1.44. The summed E-state index contributed by atoms with van der Waals surface area (Å²) < 4.78 is 10.7. The van der Waals surface area contributed by atoms with Gasteiger partial charge in [0.15, 0.2) is 6.04 Å². The lowest BCUT2D eigenvalue weighted by Gasteiger charge is -2.36. The Balaban J connectivity index is 1.57. The van der Waals surface area contributed by atoms with Crippen LogP contribution in [0.3, 0.4) is 0 Å². The molecule has 1 saturated heterocycles. The minimum atomic E-state index is -0.115. The Labute approximate surface area is 160 Å². The summed E-state index contributed by atoms with van der Waals surface area (Å²) in [6.45, 7) is 5.60. The van der Waals surface area contributed by atoms with Crippen molar-refractivity contribution < 1.29 is 19.2 Å². The fourth-order valence-electron chi connectivity index (χ4n) is 3.50. The maximum absolute atomic E-state index is 12.7. The molecule has 2 aromatic rings. The van der Waals surface area contributed by atoms with Crippen LogP contribution in [0.15, 0.2) is 48.5 Å². The number of para-hydroxylation sites is 2. The molecule has 3 rings (SSSR count). The van der Waals surface area contributed by atoms with Crippen molar-refractivity contribution in [1.29, 1.82) is 0 Å². The zero-order valence-corrected chi connectivity index (χ0v) is 16.2. The van der Waals surface area contributed by atoms with Crippen LogP contribution in [0.25, 0.3) is 0 Å². The van der Waals surface area contributed by atoms with Crippen molar-refractivity contribution in [3.05, 3.63) is 48.5 Å². The molecule has 1 aliphatic rings. The lowest BCUT2D eigenvalue weighted by molar-refractivity contribution is -0.914. The monoisotopic (exact) mass is 370 g/mol. The van der Waals surface area contributed by atoms with Gasteiger partial charge in [-0.3, -0.25) is 4.79 Å². The van der Waals surface area contributed by atoms with Gasteiger partial charge in [-0.2, -0.15) is 0 Å². The molecular weight excluding hydrogens is 342 g/mol. The predicted molar refractivity (Wildman–Crippen MR) is 107 cm³/mol. The van der Waals surface area contributed by atoms with Crippen LogP contribution in [0.4, 0.5) is 11.4 Å². The van der Waals surface area contributed by atoms with Crippen molar-refractivity contribution in [3.63, 3.8) is 0 Å². The van der Waals surface area contributed by atoms with Crippen molar-refractivity contribution in [1.82, 2.24) is 0 Å². The van der Waals surface area contributed by atoms with E-state index >= 15 is 0 Å². The van der Waals surface area contributed by atoms with Crippen LogP contribution < -0.4 is 24.6 Å². The van der Waals surface area contributed by atoms with Gasteiger partial charge in [0.05, 0.1) is 46.1 Å². The van der Waals surface area contributed by atoms with Crippen molar-refractivity contribution in [2.24, 2.45) is 0 Å². The van der Waals surface area contributed by atoms with E-state index in [1.807, 2.05) is 49.4 Å². The number of benzene rings is 2. The third-order valence-corrected chi connectivity index (χ3v) is 5.17. The minimum absolute atomic E-state index is 0.0315. The van der Waals surface area contributed by atoms with Gasteiger partial charge in [0.25, 0.3) is 5.91 Å². The number of nitrogens with zero attached hydrogens (tertiary/aromatic N) is 1. The molecule has 0 aromatic heterocycles. The smallest absolute Gasteiger partial charge is 0.282 e. The number of hydrogen-bond acceptors (Lipinski definition) is 4. The molecular formula is C21H28N3O3+. The molecule has 1 aliphatic heterocycles. The molecule has 1 heterocycles. The molecule has 1 amide bonds. The van der Waals surface area contributed by atoms with E-state index in [1.54, 1.807) is 14.2 Å². The maximum atomic E-state index is 12.7. The largest absolute Gasteiger partial charge is 0.497 e. The number of hydrogen-bond donors (Lipinski definition) is 2. The number of piperazine rings is 1. The minimum Gasteiger partial charge on any atom is -0.497 e. The van der Waals surface area contributed by atoms with Crippen molar-refractivity contribution >= 4 is 17.3 Å². The first-order valence-corrected chi connectivity index (χ1v) is 9.30. The van der Waals surface area contributed by atoms with Gasteiger partial charge in [0.1, 0.15) is 11.5 Å². The van der Waals surface area contributed by atoms with Gasteiger partial charge in [-0.15, -0.1) is 0 Å². The van der Waals surface area contributed by atoms with Crippen LogP contribution >= 0.6 is 0 Å². The number of methoxy groups -OCH3 is 2. The molecule has 2 N–H and O–H groups in total. The number of amides is 1. The number of carbonyl (C=O) groups excluding carboxylic acids is 1. The van der Waals surface area contributed by atoms with Gasteiger partial charge < -0.3 is 24.6 Å². The van der Waals surface area contributed by atoms with Crippen molar-refractivity contribution in [3.8, 4) is 11.5 Å². The van der Waals surface area contributed by atoms with E-state index in [1.165, 1.54) is 4.90 Å². The van der Waals surface area contributed by atoms with Crippen molar-refractivity contribution in [2.45, 2.75) is 13.0 Å². The summed E-state index contributed by atoms with van der Waals surface area (Å²) in [5.41, 5.74) is 1.88. The maximum Gasteiger partial charge on any atom is 0.282 e. The molecule has 0 spiro atoms. The van der Waals surface area contributed by atoms with E-state index in [0.717, 1.165) is 49.1 Å². The normalized spacial score (nSPS) is 15.9. The number of rotatable bonds is 6. The Kier molecular flexibility index (Phi) is 6.19. The number of nitrogens with one attached hydrogen (secondary N) is 2. The van der Waals surface area contributed by atoms with E-state index in [4.69, 9.17) is 9.47 Å². The fraction of sp³-hybridized carbons (Fsp3) is 0.381. The second kappa shape index (κ2) is 8.77. The lowest BCUT2D eigenvalue weighted by atomic mass is 10.2. The van der Waals surface area contributed by atoms with Crippen molar-refractivity contribution in [2.75, 3.05) is 50.6 Å². The van der Waals surface area contributed by atoms with Crippen LogP contribution in [-0.2, 0) is 4.79 Å². The molecule has 0 aliphatic carbocycles. The third kappa shape index (κ3) is 4.52. The first-order valence-electron chi connectivity index (χ1n) is 9.30. The average molecular weight is 370 g/mol. The average Bonchev–Trinajstić information content (AvgIpc) is 2.73. The summed E-state index contributed by atoms with van der Waals surface area (Å²) in [4.78, 5) is 16.3. The Morgan fingerprint density at radius 1 is 1.07 bits per heavy atom. The van der Waals surface area contributed by atoms with Crippen LogP contribution in [0, 0.1) is 0 Å². The lowest BCUT2D eigenvalue weighted by Crippen LogP contribution is -3.19. The van der Waals surface area contributed by atoms with E-state index in [-0.39, 0.29) is 11.9 Å². The molecule has 0 unspecified atom stereocenters. The van der Waals surface area contributed by atoms with Crippen LogP contribution in [0.1, 0.15) is 6.92 Å². The van der Waals surface area contributed by atoms with Gasteiger partial charge in [0.2, 0.25) is 0 Å². The van der Waals surface area contributed by atoms with Gasteiger partial charge >= 0.3 is 0 Å². The molecule has 2 aromatic carbocycles. The Bertz CT molecular complexity index is 773. The summed E-state index contributed by atoms with van der Waals surface area (Å²) in [6.07, 6.45) is 0. The van der Waals surface area contributed by atoms with E-state index in [9.17, 15) is 4.79 Å². The first-order chi connectivity index (χ1) is 13.1. The highest BCUT2D eigenvalue weighted by molar-refractivity contribution is 5.93. The highest BCUT2D eigenvalue weighted by atomic mass is 16.5. The molecule has 6 nitrogen and oxygen atoms in total. The second-order valence-corrected chi connectivity index (χ2v) is 6.76. The van der Waals surface area contributed by atoms with Crippen LogP contribution in [0.2, 0.25) is 0 Å². The third-order valence-electron chi connectivity index (χ3n) is 5.17. The molecule has 0 bridgehead atoms. The standard InChI is InChI=1S/C21H27N3O3/c1-16(21(25)22-17-7-6-8-18(15-17)26-2)23-11-13-24(14-12-23)19-9-4-5-10-20(19)27-3/h4-10,15-16H,11-14H2,1-3H3,(H,22,25)/p+1/t16-/m0/s1. The quantitative estimate of drug-likeness (QED) is 0.808. The zero-order chi connectivity index (χ0) is 19.2.